The van der Waals surface area contributed by atoms with Gasteiger partial charge in [0.1, 0.15) is 12.2 Å². The van der Waals surface area contributed by atoms with Gasteiger partial charge in [-0.05, 0) is 0 Å². The van der Waals surface area contributed by atoms with E-state index >= 15 is 0 Å². The Morgan fingerprint density at radius 1 is 1.00 bits per heavy atom. The summed E-state index contributed by atoms with van der Waals surface area (Å²) in [7, 11) is 0. The number of hydrogen-bond donors (Lipinski definition) is 5. The van der Waals surface area contributed by atoms with E-state index in [4.69, 9.17) is 5.11 Å². The van der Waals surface area contributed by atoms with Crippen LogP contribution in [-0.4, -0.2) is 57.3 Å². The van der Waals surface area contributed by atoms with Crippen molar-refractivity contribution in [2.45, 2.75) is 50.7 Å². The van der Waals surface area contributed by atoms with Gasteiger partial charge in [0.05, 0.1) is 6.04 Å². The third-order valence-electron chi connectivity index (χ3n) is 2.12. The third-order valence-corrected chi connectivity index (χ3v) is 2.12. The molecule has 5 atom stereocenters. The van der Waals surface area contributed by atoms with Gasteiger partial charge in [-0.15, -0.1) is 0 Å². The molecule has 0 radical (unpaired) electrons. The predicted molar refractivity (Wildman–Crippen MR) is 47.2 cm³/mol. The summed E-state index contributed by atoms with van der Waals surface area (Å²) in [6.45, 7) is 3.66. The maximum absolute atomic E-state index is 9.51. The monoisotopic (exact) mass is 207 g/mol. The standard InChI is InChI=1S/C8H17NO5/c1-3(2)9-4-5(10)6(11)8(13)14-7(4)12/h3-13H,1-2H3/t4-,5-,6+,7?,8+/m1/s1. The van der Waals surface area contributed by atoms with Crippen LogP contribution in [0.1, 0.15) is 13.8 Å². The Bertz CT molecular complexity index is 189. The lowest BCUT2D eigenvalue weighted by atomic mass is 10.0. The van der Waals surface area contributed by atoms with E-state index in [1.54, 1.807) is 0 Å². The zero-order valence-electron chi connectivity index (χ0n) is 8.16. The second kappa shape index (κ2) is 4.52. The van der Waals surface area contributed by atoms with Crippen molar-refractivity contribution in [1.29, 1.82) is 0 Å². The van der Waals surface area contributed by atoms with E-state index in [0.29, 0.717) is 0 Å². The van der Waals surface area contributed by atoms with Crippen molar-refractivity contribution in [2.24, 2.45) is 0 Å². The van der Waals surface area contributed by atoms with Gasteiger partial charge < -0.3 is 30.5 Å². The van der Waals surface area contributed by atoms with Crippen LogP contribution in [0, 0.1) is 0 Å². The molecule has 0 aromatic carbocycles. The molecule has 1 saturated heterocycles. The number of aliphatic hydroxyl groups excluding tert-OH is 4. The Labute approximate surface area is 82.1 Å². The highest BCUT2D eigenvalue weighted by molar-refractivity contribution is 4.90. The zero-order valence-corrected chi connectivity index (χ0v) is 8.16. The Morgan fingerprint density at radius 3 is 2.07 bits per heavy atom. The molecule has 84 valence electrons. The summed E-state index contributed by atoms with van der Waals surface area (Å²) in [6.07, 6.45) is -5.54. The third kappa shape index (κ3) is 2.41. The van der Waals surface area contributed by atoms with Crippen LogP contribution in [-0.2, 0) is 4.74 Å². The fraction of sp³-hybridized carbons (Fsp3) is 1.00. The van der Waals surface area contributed by atoms with Crippen molar-refractivity contribution in [3.8, 4) is 0 Å². The van der Waals surface area contributed by atoms with Gasteiger partial charge in [-0.1, -0.05) is 13.8 Å². The minimum atomic E-state index is -1.55. The van der Waals surface area contributed by atoms with E-state index < -0.39 is 30.8 Å². The molecular weight excluding hydrogens is 190 g/mol. The Hall–Kier alpha value is -0.240. The summed E-state index contributed by atoms with van der Waals surface area (Å²) in [5.74, 6) is 0. The molecule has 14 heavy (non-hydrogen) atoms. The smallest absolute Gasteiger partial charge is 0.186 e. The molecule has 0 aromatic heterocycles. The van der Waals surface area contributed by atoms with Gasteiger partial charge in [0, 0.05) is 6.04 Å². The van der Waals surface area contributed by atoms with Crippen molar-refractivity contribution < 1.29 is 25.2 Å². The van der Waals surface area contributed by atoms with E-state index in [1.807, 2.05) is 13.8 Å². The van der Waals surface area contributed by atoms with Crippen LogP contribution in [0.5, 0.6) is 0 Å². The van der Waals surface area contributed by atoms with Crippen LogP contribution in [0.4, 0.5) is 0 Å². The SMILES string of the molecule is CC(C)N[C@H]1C(O)O[C@H](O)[C@@H](O)[C@@H]1O. The summed E-state index contributed by atoms with van der Waals surface area (Å²) >= 11 is 0. The largest absolute Gasteiger partial charge is 0.388 e. The first kappa shape index (κ1) is 11.8. The van der Waals surface area contributed by atoms with Gasteiger partial charge >= 0.3 is 0 Å². The van der Waals surface area contributed by atoms with Gasteiger partial charge in [-0.25, -0.2) is 0 Å². The van der Waals surface area contributed by atoms with Crippen molar-refractivity contribution in [3.63, 3.8) is 0 Å². The van der Waals surface area contributed by atoms with E-state index in [9.17, 15) is 15.3 Å². The Balaban J connectivity index is 2.64. The molecule has 0 saturated carbocycles. The summed E-state index contributed by atoms with van der Waals surface area (Å²) < 4.78 is 4.62. The highest BCUT2D eigenvalue weighted by Gasteiger charge is 2.43. The molecule has 1 rings (SSSR count). The fourth-order valence-electron chi connectivity index (χ4n) is 1.42. The lowest BCUT2D eigenvalue weighted by Gasteiger charge is -2.39. The summed E-state index contributed by atoms with van der Waals surface area (Å²) in [5, 5.41) is 40.0. The molecule has 1 aliphatic rings. The van der Waals surface area contributed by atoms with Gasteiger partial charge in [0.2, 0.25) is 0 Å². The van der Waals surface area contributed by atoms with E-state index in [0.717, 1.165) is 0 Å². The van der Waals surface area contributed by atoms with Gasteiger partial charge in [0.15, 0.2) is 12.6 Å². The zero-order chi connectivity index (χ0) is 10.9. The van der Waals surface area contributed by atoms with Gasteiger partial charge in [0.25, 0.3) is 0 Å². The van der Waals surface area contributed by atoms with Crippen molar-refractivity contribution >= 4 is 0 Å². The maximum atomic E-state index is 9.51. The molecule has 0 bridgehead atoms. The molecule has 1 heterocycles. The minimum absolute atomic E-state index is 0.0235. The molecule has 6 heteroatoms. The first-order chi connectivity index (χ1) is 6.43. The fourth-order valence-corrected chi connectivity index (χ4v) is 1.42. The van der Waals surface area contributed by atoms with Gasteiger partial charge in [-0.3, -0.25) is 0 Å². The second-order valence-corrected chi connectivity index (χ2v) is 3.75. The van der Waals surface area contributed by atoms with Crippen molar-refractivity contribution in [3.05, 3.63) is 0 Å². The molecule has 5 N–H and O–H groups in total. The van der Waals surface area contributed by atoms with Gasteiger partial charge in [-0.2, -0.15) is 0 Å². The lowest BCUT2D eigenvalue weighted by molar-refractivity contribution is -0.305. The Kier molecular flexibility index (Phi) is 3.82. The molecule has 1 unspecified atom stereocenters. The second-order valence-electron chi connectivity index (χ2n) is 3.75. The first-order valence-electron chi connectivity index (χ1n) is 4.57. The highest BCUT2D eigenvalue weighted by Crippen LogP contribution is 2.18. The number of ether oxygens (including phenoxy) is 1. The molecule has 0 aromatic rings. The number of aliphatic hydroxyl groups is 4. The molecular formula is C8H17NO5. The molecule has 0 aliphatic carbocycles. The summed E-state index contributed by atoms with van der Waals surface area (Å²) in [4.78, 5) is 0. The van der Waals surface area contributed by atoms with Crippen LogP contribution < -0.4 is 5.32 Å². The molecule has 1 aliphatic heterocycles. The molecule has 1 fully saturated rings. The number of rotatable bonds is 2. The topological polar surface area (TPSA) is 102 Å². The van der Waals surface area contributed by atoms with Crippen LogP contribution in [0.3, 0.4) is 0 Å². The Morgan fingerprint density at radius 2 is 1.57 bits per heavy atom. The lowest BCUT2D eigenvalue weighted by Crippen LogP contribution is -2.63. The quantitative estimate of drug-likeness (QED) is 0.350. The molecule has 6 nitrogen and oxygen atoms in total. The average molecular weight is 207 g/mol. The van der Waals surface area contributed by atoms with Crippen LogP contribution in [0.2, 0.25) is 0 Å². The van der Waals surface area contributed by atoms with E-state index in [2.05, 4.69) is 10.1 Å². The maximum Gasteiger partial charge on any atom is 0.186 e. The summed E-state index contributed by atoms with van der Waals surface area (Å²) in [6, 6.07) is -0.774. The van der Waals surface area contributed by atoms with Crippen LogP contribution >= 0.6 is 0 Å². The highest BCUT2D eigenvalue weighted by atomic mass is 16.7. The predicted octanol–water partition coefficient (Wildman–Crippen LogP) is -2.26. The van der Waals surface area contributed by atoms with Crippen LogP contribution in [0.25, 0.3) is 0 Å². The molecule has 0 amide bonds. The molecule has 0 spiro atoms. The number of nitrogens with one attached hydrogen (secondary N) is 1. The van der Waals surface area contributed by atoms with Crippen LogP contribution in [0.15, 0.2) is 0 Å². The first-order valence-corrected chi connectivity index (χ1v) is 4.57. The van der Waals surface area contributed by atoms with E-state index in [-0.39, 0.29) is 6.04 Å². The minimum Gasteiger partial charge on any atom is -0.388 e. The normalized spacial score (nSPS) is 44.4. The summed E-state index contributed by atoms with van der Waals surface area (Å²) in [5.41, 5.74) is 0. The van der Waals surface area contributed by atoms with E-state index in [1.165, 1.54) is 0 Å². The average Bonchev–Trinajstić information content (AvgIpc) is 2.09. The van der Waals surface area contributed by atoms with Crippen molar-refractivity contribution in [1.82, 2.24) is 5.32 Å². The van der Waals surface area contributed by atoms with Crippen molar-refractivity contribution in [2.75, 3.05) is 0 Å². The number of hydrogen-bond acceptors (Lipinski definition) is 6.